The molecule has 0 aromatic carbocycles. The van der Waals surface area contributed by atoms with Gasteiger partial charge in [0.1, 0.15) is 6.10 Å². The number of carbonyl (C=O) groups is 1. The van der Waals surface area contributed by atoms with Gasteiger partial charge < -0.3 is 9.84 Å². The topological polar surface area (TPSA) is 46.5 Å². The van der Waals surface area contributed by atoms with Gasteiger partial charge in [-0.25, -0.2) is 0 Å². The average Bonchev–Trinajstić information content (AvgIpc) is 3.04. The number of rotatable bonds is 3. The number of hydrogen-bond donors (Lipinski definition) is 1. The molecule has 0 radical (unpaired) electrons. The van der Waals surface area contributed by atoms with Crippen molar-refractivity contribution >= 4 is 5.97 Å². The van der Waals surface area contributed by atoms with Crippen molar-refractivity contribution in [2.45, 2.75) is 105 Å². The quantitative estimate of drug-likeness (QED) is 0.462. The third kappa shape index (κ3) is 3.30. The molecule has 4 aliphatic carbocycles. The molecular formula is C26H42O3. The molecule has 4 rings (SSSR count). The number of fused-ring (bicyclic) bond motifs is 4. The van der Waals surface area contributed by atoms with E-state index in [1.165, 1.54) is 51.4 Å². The molecule has 6 atom stereocenters. The standard InChI is InChI=1S/C26H42O3/c1-17(29-23(28)24(2,3)4)20-11-12-21-19-10-9-18-8-6-7-14-26(18,16-27)22(19)13-15-25(20,21)5/h17-18,20,22,27H,6-16H2,1-5H3/t17-,18-,20+,22-,25+,26+/m0/s1. The van der Waals surface area contributed by atoms with Gasteiger partial charge in [-0.05, 0) is 96.3 Å². The predicted octanol–water partition coefficient (Wildman–Crippen LogP) is 6.05. The Labute approximate surface area is 177 Å². The van der Waals surface area contributed by atoms with Crippen molar-refractivity contribution in [3.8, 4) is 0 Å². The van der Waals surface area contributed by atoms with Crippen LogP contribution in [-0.4, -0.2) is 23.8 Å². The zero-order chi connectivity index (χ0) is 21.0. The second kappa shape index (κ2) is 7.39. The predicted molar refractivity (Wildman–Crippen MR) is 116 cm³/mol. The summed E-state index contributed by atoms with van der Waals surface area (Å²) in [6.07, 6.45) is 12.4. The minimum absolute atomic E-state index is 0.0285. The first kappa shape index (κ1) is 21.4. The fourth-order valence-corrected chi connectivity index (χ4v) is 7.84. The summed E-state index contributed by atoms with van der Waals surface area (Å²) in [5, 5.41) is 10.6. The molecule has 0 bridgehead atoms. The van der Waals surface area contributed by atoms with E-state index in [1.54, 1.807) is 11.1 Å². The molecule has 4 aliphatic rings. The first-order valence-electron chi connectivity index (χ1n) is 12.2. The van der Waals surface area contributed by atoms with Crippen LogP contribution >= 0.6 is 0 Å². The van der Waals surface area contributed by atoms with E-state index in [0.29, 0.717) is 18.4 Å². The number of allylic oxidation sites excluding steroid dienone is 2. The Morgan fingerprint density at radius 3 is 2.59 bits per heavy atom. The zero-order valence-electron chi connectivity index (χ0n) is 19.4. The molecule has 3 saturated carbocycles. The summed E-state index contributed by atoms with van der Waals surface area (Å²) in [6, 6.07) is 0. The highest BCUT2D eigenvalue weighted by molar-refractivity contribution is 5.75. The van der Waals surface area contributed by atoms with Gasteiger partial charge in [0.15, 0.2) is 0 Å². The van der Waals surface area contributed by atoms with Crippen molar-refractivity contribution in [2.75, 3.05) is 6.61 Å². The molecule has 29 heavy (non-hydrogen) atoms. The van der Waals surface area contributed by atoms with Crippen LogP contribution in [0.1, 0.15) is 98.8 Å². The molecule has 0 aromatic heterocycles. The third-order valence-electron chi connectivity index (χ3n) is 9.45. The smallest absolute Gasteiger partial charge is 0.311 e. The van der Waals surface area contributed by atoms with Crippen LogP contribution in [0.5, 0.6) is 0 Å². The lowest BCUT2D eigenvalue weighted by atomic mass is 9.49. The van der Waals surface area contributed by atoms with Crippen LogP contribution in [0.2, 0.25) is 0 Å². The average molecular weight is 403 g/mol. The molecule has 0 saturated heterocycles. The first-order valence-corrected chi connectivity index (χ1v) is 12.2. The summed E-state index contributed by atoms with van der Waals surface area (Å²) >= 11 is 0. The minimum atomic E-state index is -0.445. The van der Waals surface area contributed by atoms with Crippen LogP contribution in [0.3, 0.4) is 0 Å². The Hall–Kier alpha value is -0.830. The Kier molecular flexibility index (Phi) is 5.46. The van der Waals surface area contributed by atoms with Crippen molar-refractivity contribution in [2.24, 2.45) is 34.0 Å². The van der Waals surface area contributed by atoms with Gasteiger partial charge in [0.05, 0.1) is 5.41 Å². The Bertz CT molecular complexity index is 687. The van der Waals surface area contributed by atoms with Crippen LogP contribution < -0.4 is 0 Å². The summed E-state index contributed by atoms with van der Waals surface area (Å²) in [7, 11) is 0. The molecule has 3 nitrogen and oxygen atoms in total. The van der Waals surface area contributed by atoms with E-state index in [0.717, 1.165) is 18.8 Å². The second-order valence-corrected chi connectivity index (χ2v) is 11.9. The highest BCUT2D eigenvalue weighted by Crippen LogP contribution is 2.65. The third-order valence-corrected chi connectivity index (χ3v) is 9.45. The Balaban J connectivity index is 1.61. The second-order valence-electron chi connectivity index (χ2n) is 11.9. The van der Waals surface area contributed by atoms with Gasteiger partial charge in [-0.3, -0.25) is 4.79 Å². The van der Waals surface area contributed by atoms with Crippen LogP contribution in [-0.2, 0) is 9.53 Å². The van der Waals surface area contributed by atoms with E-state index in [2.05, 4.69) is 13.8 Å². The lowest BCUT2D eigenvalue weighted by Gasteiger charge is -2.56. The van der Waals surface area contributed by atoms with Crippen LogP contribution in [0, 0.1) is 34.0 Å². The minimum Gasteiger partial charge on any atom is -0.462 e. The van der Waals surface area contributed by atoms with Gasteiger partial charge in [-0.1, -0.05) is 30.9 Å². The fraction of sp³-hybridized carbons (Fsp3) is 0.885. The highest BCUT2D eigenvalue weighted by Gasteiger charge is 2.57. The van der Waals surface area contributed by atoms with Gasteiger partial charge in [-0.15, -0.1) is 0 Å². The number of esters is 1. The Morgan fingerprint density at radius 1 is 1.14 bits per heavy atom. The molecular weight excluding hydrogens is 360 g/mol. The first-order chi connectivity index (χ1) is 13.6. The molecule has 0 heterocycles. The molecule has 1 N–H and O–H groups in total. The number of ether oxygens (including phenoxy) is 1. The molecule has 0 spiro atoms. The highest BCUT2D eigenvalue weighted by atomic mass is 16.5. The molecule has 0 aromatic rings. The fourth-order valence-electron chi connectivity index (χ4n) is 7.84. The van der Waals surface area contributed by atoms with Crippen molar-refractivity contribution < 1.29 is 14.6 Å². The molecule has 3 fully saturated rings. The van der Waals surface area contributed by atoms with E-state index in [9.17, 15) is 9.90 Å². The van der Waals surface area contributed by atoms with Gasteiger partial charge in [0.25, 0.3) is 0 Å². The lowest BCUT2D eigenvalue weighted by Crippen LogP contribution is -2.50. The van der Waals surface area contributed by atoms with E-state index >= 15 is 0 Å². The molecule has 0 aliphatic heterocycles. The van der Waals surface area contributed by atoms with Gasteiger partial charge in [0, 0.05) is 17.9 Å². The monoisotopic (exact) mass is 402 g/mol. The molecule has 0 amide bonds. The molecule has 3 heteroatoms. The van der Waals surface area contributed by atoms with Crippen molar-refractivity contribution in [3.63, 3.8) is 0 Å². The van der Waals surface area contributed by atoms with E-state index < -0.39 is 5.41 Å². The summed E-state index contributed by atoms with van der Waals surface area (Å²) in [5.74, 6) is 1.67. The summed E-state index contributed by atoms with van der Waals surface area (Å²) in [6.45, 7) is 10.8. The normalized spacial score (nSPS) is 40.7. The summed E-state index contributed by atoms with van der Waals surface area (Å²) in [4.78, 5) is 12.5. The van der Waals surface area contributed by atoms with E-state index in [1.807, 2.05) is 20.8 Å². The molecule has 0 unspecified atom stereocenters. The number of hydrogen-bond acceptors (Lipinski definition) is 3. The van der Waals surface area contributed by atoms with Crippen LogP contribution in [0.25, 0.3) is 0 Å². The largest absolute Gasteiger partial charge is 0.462 e. The maximum absolute atomic E-state index is 12.5. The number of aliphatic hydroxyl groups excluding tert-OH is 1. The van der Waals surface area contributed by atoms with Crippen molar-refractivity contribution in [1.82, 2.24) is 0 Å². The zero-order valence-corrected chi connectivity index (χ0v) is 19.4. The van der Waals surface area contributed by atoms with E-state index in [4.69, 9.17) is 4.74 Å². The van der Waals surface area contributed by atoms with Crippen molar-refractivity contribution in [1.29, 1.82) is 0 Å². The Morgan fingerprint density at radius 2 is 1.90 bits per heavy atom. The van der Waals surface area contributed by atoms with Crippen molar-refractivity contribution in [3.05, 3.63) is 11.1 Å². The van der Waals surface area contributed by atoms with Gasteiger partial charge in [0.2, 0.25) is 0 Å². The van der Waals surface area contributed by atoms with Gasteiger partial charge >= 0.3 is 5.97 Å². The lowest BCUT2D eigenvalue weighted by molar-refractivity contribution is -0.162. The molecule has 164 valence electrons. The van der Waals surface area contributed by atoms with Crippen LogP contribution in [0.15, 0.2) is 11.1 Å². The maximum atomic E-state index is 12.5. The van der Waals surface area contributed by atoms with E-state index in [-0.39, 0.29) is 22.9 Å². The number of aliphatic hydroxyl groups is 1. The van der Waals surface area contributed by atoms with Gasteiger partial charge in [-0.2, -0.15) is 0 Å². The summed E-state index contributed by atoms with van der Waals surface area (Å²) < 4.78 is 5.97. The maximum Gasteiger partial charge on any atom is 0.311 e. The summed E-state index contributed by atoms with van der Waals surface area (Å²) in [5.41, 5.74) is 3.28. The number of carbonyl (C=O) groups excluding carboxylic acids is 1. The SMILES string of the molecule is C[C@H](OC(=O)C(C)(C)C)[C@H]1CCC2=C3CC[C@@H]4CCCC[C@]4(CO)[C@H]3CC[C@@]21C. The van der Waals surface area contributed by atoms with Crippen LogP contribution in [0.4, 0.5) is 0 Å².